The Morgan fingerprint density at radius 1 is 1.06 bits per heavy atom. The molecule has 84 valence electrons. The summed E-state index contributed by atoms with van der Waals surface area (Å²) in [7, 11) is 0. The molecule has 0 saturated carbocycles. The largest absolute Gasteiger partial charge is 0.452 e. The zero-order valence-corrected chi connectivity index (χ0v) is 8.04. The molecular weight excluding hydrogens is 216 g/mol. The van der Waals surface area contributed by atoms with Crippen molar-refractivity contribution in [3.05, 3.63) is 35.4 Å². The third-order valence-electron chi connectivity index (χ3n) is 2.01. The lowest BCUT2D eigenvalue weighted by molar-refractivity contribution is -0.322. The number of esters is 2. The molecule has 1 aliphatic heterocycles. The number of ether oxygens (including phenoxy) is 2. The molecule has 6 heteroatoms. The Kier molecular flexibility index (Phi) is 2.37. The monoisotopic (exact) mass is 224 g/mol. The van der Waals surface area contributed by atoms with Gasteiger partial charge in [-0.3, -0.25) is 0 Å². The summed E-state index contributed by atoms with van der Waals surface area (Å²) in [5.41, 5.74) is -0.0392. The van der Waals surface area contributed by atoms with Crippen LogP contribution in [-0.4, -0.2) is 34.7 Å². The minimum atomic E-state index is -2.79. The molecule has 0 saturated heterocycles. The lowest BCUT2D eigenvalue weighted by atomic mass is 10.1. The van der Waals surface area contributed by atoms with Gasteiger partial charge >= 0.3 is 17.9 Å². The molecule has 1 aliphatic rings. The molecule has 16 heavy (non-hydrogen) atoms. The molecule has 0 aliphatic carbocycles. The van der Waals surface area contributed by atoms with Crippen LogP contribution in [-0.2, 0) is 9.47 Å². The molecule has 0 unspecified atom stereocenters. The van der Waals surface area contributed by atoms with Gasteiger partial charge in [-0.15, -0.1) is 0 Å². The molecule has 0 atom stereocenters. The maximum absolute atomic E-state index is 11.5. The van der Waals surface area contributed by atoms with Gasteiger partial charge < -0.3 is 19.7 Å². The van der Waals surface area contributed by atoms with E-state index in [0.29, 0.717) is 0 Å². The maximum atomic E-state index is 11.5. The second-order valence-electron chi connectivity index (χ2n) is 3.25. The smallest absolute Gasteiger partial charge is 0.360 e. The van der Waals surface area contributed by atoms with Crippen LogP contribution in [0.2, 0.25) is 0 Å². The fourth-order valence-corrected chi connectivity index (χ4v) is 1.31. The van der Waals surface area contributed by atoms with Crippen LogP contribution in [0.4, 0.5) is 0 Å². The molecule has 1 heterocycles. The third kappa shape index (κ3) is 1.88. The second kappa shape index (κ2) is 3.58. The standard InChI is InChI=1S/C10H8O6/c11-8-6-3-1-2-4-7(6)9(12)16-10(13,14)5-15-8/h1-4,13-14H,5H2. The Bertz CT molecular complexity index is 450. The van der Waals surface area contributed by atoms with Crippen molar-refractivity contribution < 1.29 is 29.3 Å². The van der Waals surface area contributed by atoms with E-state index in [-0.39, 0.29) is 11.1 Å². The fourth-order valence-electron chi connectivity index (χ4n) is 1.31. The van der Waals surface area contributed by atoms with Crippen molar-refractivity contribution in [2.24, 2.45) is 0 Å². The van der Waals surface area contributed by atoms with Crippen LogP contribution in [0.1, 0.15) is 20.7 Å². The summed E-state index contributed by atoms with van der Waals surface area (Å²) in [6.07, 6.45) is 0. The van der Waals surface area contributed by atoms with Gasteiger partial charge in [0.15, 0.2) is 6.61 Å². The molecular formula is C10H8O6. The summed E-state index contributed by atoms with van der Waals surface area (Å²) in [5.74, 6) is -4.59. The number of aliphatic hydroxyl groups is 2. The molecule has 0 amide bonds. The number of hydrogen-bond acceptors (Lipinski definition) is 6. The maximum Gasteiger partial charge on any atom is 0.360 e. The summed E-state index contributed by atoms with van der Waals surface area (Å²) in [4.78, 5) is 22.9. The van der Waals surface area contributed by atoms with E-state index >= 15 is 0 Å². The van der Waals surface area contributed by atoms with E-state index in [9.17, 15) is 9.59 Å². The first-order valence-corrected chi connectivity index (χ1v) is 4.44. The van der Waals surface area contributed by atoms with Crippen molar-refractivity contribution in [1.29, 1.82) is 0 Å². The summed E-state index contributed by atoms with van der Waals surface area (Å²) >= 11 is 0. The summed E-state index contributed by atoms with van der Waals surface area (Å²) in [6, 6.07) is 5.80. The van der Waals surface area contributed by atoms with Gasteiger partial charge in [-0.25, -0.2) is 9.59 Å². The molecule has 0 spiro atoms. The van der Waals surface area contributed by atoms with E-state index in [1.807, 2.05) is 0 Å². The van der Waals surface area contributed by atoms with Crippen LogP contribution in [0.3, 0.4) is 0 Å². The minimum Gasteiger partial charge on any atom is -0.452 e. The number of benzene rings is 1. The van der Waals surface area contributed by atoms with Crippen molar-refractivity contribution in [3.8, 4) is 0 Å². The average molecular weight is 224 g/mol. The van der Waals surface area contributed by atoms with E-state index in [4.69, 9.17) is 10.2 Å². The first-order chi connectivity index (χ1) is 7.49. The van der Waals surface area contributed by atoms with E-state index in [2.05, 4.69) is 9.47 Å². The van der Waals surface area contributed by atoms with Crippen LogP contribution in [0, 0.1) is 0 Å². The number of carbonyl (C=O) groups is 2. The van der Waals surface area contributed by atoms with Gasteiger partial charge in [0.1, 0.15) is 0 Å². The van der Waals surface area contributed by atoms with E-state index in [1.54, 1.807) is 6.07 Å². The lowest BCUT2D eigenvalue weighted by Gasteiger charge is -2.24. The topological polar surface area (TPSA) is 93.1 Å². The summed E-state index contributed by atoms with van der Waals surface area (Å²) in [6.45, 7) is -0.827. The Morgan fingerprint density at radius 2 is 1.62 bits per heavy atom. The molecule has 2 rings (SSSR count). The first-order valence-electron chi connectivity index (χ1n) is 4.44. The van der Waals surface area contributed by atoms with Crippen molar-refractivity contribution in [2.75, 3.05) is 6.61 Å². The number of rotatable bonds is 0. The predicted molar refractivity (Wildman–Crippen MR) is 49.3 cm³/mol. The van der Waals surface area contributed by atoms with Crippen molar-refractivity contribution >= 4 is 11.9 Å². The van der Waals surface area contributed by atoms with E-state index < -0.39 is 24.5 Å². The van der Waals surface area contributed by atoms with Crippen LogP contribution >= 0.6 is 0 Å². The SMILES string of the molecule is O=C1OCC(O)(O)OC(=O)c2ccccc21. The molecule has 0 aromatic heterocycles. The van der Waals surface area contributed by atoms with Crippen molar-refractivity contribution in [2.45, 2.75) is 5.97 Å². The number of carbonyl (C=O) groups excluding carboxylic acids is 2. The van der Waals surface area contributed by atoms with Gasteiger partial charge in [0.25, 0.3) is 0 Å². The third-order valence-corrected chi connectivity index (χ3v) is 2.01. The number of fused-ring (bicyclic) bond motifs is 1. The fraction of sp³-hybridized carbons (Fsp3) is 0.200. The van der Waals surface area contributed by atoms with Crippen molar-refractivity contribution in [1.82, 2.24) is 0 Å². The molecule has 0 bridgehead atoms. The molecule has 6 nitrogen and oxygen atoms in total. The highest BCUT2D eigenvalue weighted by molar-refractivity contribution is 6.03. The normalized spacial score (nSPS) is 18.9. The lowest BCUT2D eigenvalue weighted by Crippen LogP contribution is -2.42. The highest BCUT2D eigenvalue weighted by atomic mass is 16.8. The quantitative estimate of drug-likeness (QED) is 0.462. The predicted octanol–water partition coefficient (Wildman–Crippen LogP) is -0.348. The molecule has 2 N–H and O–H groups in total. The Hall–Kier alpha value is -1.92. The van der Waals surface area contributed by atoms with Crippen LogP contribution in [0.25, 0.3) is 0 Å². The van der Waals surface area contributed by atoms with Crippen LogP contribution < -0.4 is 0 Å². The number of cyclic esters (lactones) is 2. The van der Waals surface area contributed by atoms with Gasteiger partial charge in [0.05, 0.1) is 11.1 Å². The Balaban J connectivity index is 2.48. The van der Waals surface area contributed by atoms with Gasteiger partial charge in [-0.1, -0.05) is 12.1 Å². The Labute approximate surface area is 90.0 Å². The number of hydrogen-bond donors (Lipinski definition) is 2. The van der Waals surface area contributed by atoms with E-state index in [0.717, 1.165) is 0 Å². The van der Waals surface area contributed by atoms with Crippen LogP contribution in [0.5, 0.6) is 0 Å². The van der Waals surface area contributed by atoms with Crippen molar-refractivity contribution in [3.63, 3.8) is 0 Å². The minimum absolute atomic E-state index is 0.0306. The van der Waals surface area contributed by atoms with E-state index in [1.165, 1.54) is 18.2 Å². The van der Waals surface area contributed by atoms with Gasteiger partial charge in [-0.2, -0.15) is 0 Å². The van der Waals surface area contributed by atoms with Gasteiger partial charge in [0, 0.05) is 0 Å². The van der Waals surface area contributed by atoms with Crippen LogP contribution in [0.15, 0.2) is 24.3 Å². The zero-order chi connectivity index (χ0) is 11.8. The second-order valence-corrected chi connectivity index (χ2v) is 3.25. The molecule has 0 radical (unpaired) electrons. The Morgan fingerprint density at radius 3 is 2.25 bits per heavy atom. The van der Waals surface area contributed by atoms with Gasteiger partial charge in [-0.05, 0) is 12.1 Å². The summed E-state index contributed by atoms with van der Waals surface area (Å²) < 4.78 is 8.91. The molecule has 0 fully saturated rings. The first kappa shape index (κ1) is 10.6. The highest BCUT2D eigenvalue weighted by Crippen LogP contribution is 2.18. The molecule has 1 aromatic rings. The average Bonchev–Trinajstić information content (AvgIpc) is 2.24. The highest BCUT2D eigenvalue weighted by Gasteiger charge is 2.35. The zero-order valence-electron chi connectivity index (χ0n) is 8.04. The van der Waals surface area contributed by atoms with Gasteiger partial charge in [0.2, 0.25) is 0 Å². The molecule has 1 aromatic carbocycles. The summed E-state index contributed by atoms with van der Waals surface area (Å²) in [5, 5.41) is 18.3.